The molecule has 0 aliphatic carbocycles. The molecule has 1 amide bonds. The Labute approximate surface area is 95.8 Å². The minimum Gasteiger partial charge on any atom is -0.361 e. The summed E-state index contributed by atoms with van der Waals surface area (Å²) in [5.74, 6) is 0.903. The summed E-state index contributed by atoms with van der Waals surface area (Å²) in [5.41, 5.74) is 1.85. The summed E-state index contributed by atoms with van der Waals surface area (Å²) in [7, 11) is 3.63. The lowest BCUT2D eigenvalue weighted by Gasteiger charge is -2.16. The Kier molecular flexibility index (Phi) is 4.49. The van der Waals surface area contributed by atoms with Crippen LogP contribution >= 0.6 is 0 Å². The van der Waals surface area contributed by atoms with Crippen molar-refractivity contribution < 1.29 is 9.32 Å². The Morgan fingerprint density at radius 2 is 2.19 bits per heavy atom. The number of hydrogen-bond donors (Lipinski definition) is 1. The quantitative estimate of drug-likeness (QED) is 0.807. The number of nitrogens with zero attached hydrogens (tertiary/aromatic N) is 2. The highest BCUT2D eigenvalue weighted by molar-refractivity contribution is 5.76. The van der Waals surface area contributed by atoms with Gasteiger partial charge in [-0.25, -0.2) is 0 Å². The molecule has 0 radical (unpaired) electrons. The average molecular weight is 225 g/mol. The van der Waals surface area contributed by atoms with Crippen LogP contribution in [0.5, 0.6) is 0 Å². The zero-order chi connectivity index (χ0) is 12.1. The molecule has 0 fully saturated rings. The van der Waals surface area contributed by atoms with Crippen molar-refractivity contribution in [3.05, 3.63) is 17.0 Å². The lowest BCUT2D eigenvalue weighted by molar-refractivity contribution is -0.130. The van der Waals surface area contributed by atoms with Gasteiger partial charge in [0.15, 0.2) is 0 Å². The molecule has 0 spiro atoms. The molecule has 1 heterocycles. The third kappa shape index (κ3) is 3.06. The normalized spacial score (nSPS) is 10.5. The van der Waals surface area contributed by atoms with Crippen LogP contribution in [0.1, 0.15) is 23.4 Å². The largest absolute Gasteiger partial charge is 0.361 e. The van der Waals surface area contributed by atoms with Gasteiger partial charge in [-0.3, -0.25) is 4.79 Å². The van der Waals surface area contributed by atoms with Crippen molar-refractivity contribution in [1.29, 1.82) is 0 Å². The number of aromatic nitrogens is 1. The monoisotopic (exact) mass is 225 g/mol. The first-order chi connectivity index (χ1) is 7.56. The molecule has 0 saturated carbocycles. The van der Waals surface area contributed by atoms with Gasteiger partial charge in [-0.2, -0.15) is 0 Å². The van der Waals surface area contributed by atoms with Gasteiger partial charge in [0.2, 0.25) is 5.91 Å². The number of amides is 1. The third-order valence-corrected chi connectivity index (χ3v) is 2.59. The Bertz CT molecular complexity index is 341. The fourth-order valence-electron chi connectivity index (χ4n) is 1.48. The molecule has 0 aromatic carbocycles. The third-order valence-electron chi connectivity index (χ3n) is 2.59. The molecule has 0 aliphatic rings. The van der Waals surface area contributed by atoms with E-state index < -0.39 is 0 Å². The molecular formula is C11H19N3O2. The summed E-state index contributed by atoms with van der Waals surface area (Å²) < 4.78 is 5.06. The molecule has 0 unspecified atom stereocenters. The maximum Gasteiger partial charge on any atom is 0.223 e. The first kappa shape index (κ1) is 12.7. The Balaban J connectivity index is 2.57. The number of nitrogens with one attached hydrogen (secondary N) is 1. The number of carbonyl (C=O) groups is 1. The van der Waals surface area contributed by atoms with E-state index in [0.29, 0.717) is 19.5 Å². The van der Waals surface area contributed by atoms with Crippen molar-refractivity contribution in [3.63, 3.8) is 0 Å². The summed E-state index contributed by atoms with van der Waals surface area (Å²) in [5, 5.41) is 6.82. The molecule has 0 aliphatic heterocycles. The van der Waals surface area contributed by atoms with Gasteiger partial charge < -0.3 is 14.7 Å². The van der Waals surface area contributed by atoms with E-state index in [1.807, 2.05) is 20.9 Å². The molecule has 1 rings (SSSR count). The number of aryl methyl sites for hydroxylation is 2. The summed E-state index contributed by atoms with van der Waals surface area (Å²) in [6.45, 7) is 5.01. The predicted molar refractivity (Wildman–Crippen MR) is 61.0 cm³/mol. The maximum atomic E-state index is 11.7. The molecular weight excluding hydrogens is 206 g/mol. The molecule has 90 valence electrons. The van der Waals surface area contributed by atoms with E-state index in [9.17, 15) is 4.79 Å². The van der Waals surface area contributed by atoms with Gasteiger partial charge >= 0.3 is 0 Å². The molecule has 1 aromatic heterocycles. The van der Waals surface area contributed by atoms with E-state index in [1.165, 1.54) is 0 Å². The lowest BCUT2D eigenvalue weighted by atomic mass is 10.2. The molecule has 5 heteroatoms. The Morgan fingerprint density at radius 3 is 2.69 bits per heavy atom. The Morgan fingerprint density at radius 1 is 1.50 bits per heavy atom. The van der Waals surface area contributed by atoms with Crippen LogP contribution in [-0.4, -0.2) is 36.6 Å². The van der Waals surface area contributed by atoms with Crippen molar-refractivity contribution in [3.8, 4) is 0 Å². The molecule has 0 bridgehead atoms. The SMILES string of the molecule is CNCCC(=O)N(C)Cc1c(C)noc1C. The van der Waals surface area contributed by atoms with Crippen molar-refractivity contribution >= 4 is 5.91 Å². The van der Waals surface area contributed by atoms with Gasteiger partial charge in [-0.1, -0.05) is 5.16 Å². The van der Waals surface area contributed by atoms with Gasteiger partial charge in [0.1, 0.15) is 5.76 Å². The minimum atomic E-state index is 0.120. The van der Waals surface area contributed by atoms with E-state index >= 15 is 0 Å². The summed E-state index contributed by atoms with van der Waals surface area (Å²) in [6, 6.07) is 0. The lowest BCUT2D eigenvalue weighted by Crippen LogP contribution is -2.29. The Hall–Kier alpha value is -1.36. The first-order valence-electron chi connectivity index (χ1n) is 5.36. The van der Waals surface area contributed by atoms with E-state index in [-0.39, 0.29) is 5.91 Å². The molecule has 5 nitrogen and oxygen atoms in total. The second-order valence-electron chi connectivity index (χ2n) is 3.91. The maximum absolute atomic E-state index is 11.7. The fraction of sp³-hybridized carbons (Fsp3) is 0.636. The first-order valence-corrected chi connectivity index (χ1v) is 5.36. The van der Waals surface area contributed by atoms with Gasteiger partial charge in [0, 0.05) is 25.6 Å². The molecule has 1 N–H and O–H groups in total. The smallest absolute Gasteiger partial charge is 0.223 e. The van der Waals surface area contributed by atoms with Crippen molar-refractivity contribution in [2.45, 2.75) is 26.8 Å². The van der Waals surface area contributed by atoms with Crippen molar-refractivity contribution in [1.82, 2.24) is 15.4 Å². The zero-order valence-corrected chi connectivity index (χ0v) is 10.3. The number of rotatable bonds is 5. The van der Waals surface area contributed by atoms with Crippen molar-refractivity contribution in [2.75, 3.05) is 20.6 Å². The second kappa shape index (κ2) is 5.65. The topological polar surface area (TPSA) is 58.4 Å². The van der Waals surface area contributed by atoms with Gasteiger partial charge in [-0.15, -0.1) is 0 Å². The van der Waals surface area contributed by atoms with Gasteiger partial charge in [0.25, 0.3) is 0 Å². The van der Waals surface area contributed by atoms with Crippen LogP contribution in [0, 0.1) is 13.8 Å². The van der Waals surface area contributed by atoms with Crippen LogP contribution in [0.2, 0.25) is 0 Å². The minimum absolute atomic E-state index is 0.120. The number of carbonyl (C=O) groups excluding carboxylic acids is 1. The van der Waals surface area contributed by atoms with Crippen LogP contribution in [0.15, 0.2) is 4.52 Å². The van der Waals surface area contributed by atoms with E-state index in [4.69, 9.17) is 4.52 Å². The van der Waals surface area contributed by atoms with Crippen LogP contribution in [0.4, 0.5) is 0 Å². The van der Waals surface area contributed by atoms with Crippen LogP contribution in [0.3, 0.4) is 0 Å². The van der Waals surface area contributed by atoms with Crippen LogP contribution in [-0.2, 0) is 11.3 Å². The predicted octanol–water partition coefficient (Wildman–Crippen LogP) is 0.859. The van der Waals surface area contributed by atoms with Crippen LogP contribution in [0.25, 0.3) is 0 Å². The molecule has 16 heavy (non-hydrogen) atoms. The fourth-order valence-corrected chi connectivity index (χ4v) is 1.48. The van der Waals surface area contributed by atoms with Gasteiger partial charge in [-0.05, 0) is 20.9 Å². The van der Waals surface area contributed by atoms with Crippen molar-refractivity contribution in [2.24, 2.45) is 0 Å². The molecule has 0 atom stereocenters. The van der Waals surface area contributed by atoms with E-state index in [2.05, 4.69) is 10.5 Å². The molecule has 1 aromatic rings. The van der Waals surface area contributed by atoms with E-state index in [0.717, 1.165) is 17.0 Å². The highest BCUT2D eigenvalue weighted by Gasteiger charge is 2.14. The average Bonchev–Trinajstić information content (AvgIpc) is 2.57. The highest BCUT2D eigenvalue weighted by atomic mass is 16.5. The summed E-state index contributed by atoms with van der Waals surface area (Å²) in [6.07, 6.45) is 0.510. The highest BCUT2D eigenvalue weighted by Crippen LogP contribution is 2.14. The van der Waals surface area contributed by atoms with Crippen LogP contribution < -0.4 is 5.32 Å². The van der Waals surface area contributed by atoms with Gasteiger partial charge in [0.05, 0.1) is 12.2 Å². The second-order valence-corrected chi connectivity index (χ2v) is 3.91. The summed E-state index contributed by atoms with van der Waals surface area (Å²) >= 11 is 0. The molecule has 0 saturated heterocycles. The zero-order valence-electron chi connectivity index (χ0n) is 10.3. The van der Waals surface area contributed by atoms with E-state index in [1.54, 1.807) is 11.9 Å². The summed E-state index contributed by atoms with van der Waals surface area (Å²) in [4.78, 5) is 13.4. The number of hydrogen-bond acceptors (Lipinski definition) is 4. The standard InChI is InChI=1S/C11H19N3O2/c1-8-10(9(2)16-13-8)7-14(4)11(15)5-6-12-3/h12H,5-7H2,1-4H3.